The molecule has 0 saturated carbocycles. The molecule has 1 aliphatic heterocycles. The van der Waals surface area contributed by atoms with Crippen molar-refractivity contribution in [2.45, 2.75) is 13.3 Å². The third kappa shape index (κ3) is 1.34. The highest BCUT2D eigenvalue weighted by Crippen LogP contribution is 2.29. The largest absolute Gasteiger partial charge is 0.256 e. The van der Waals surface area contributed by atoms with Crippen LogP contribution in [-0.4, -0.2) is 15.7 Å². The highest BCUT2D eigenvalue weighted by Gasteiger charge is 2.14. The van der Waals surface area contributed by atoms with Crippen LogP contribution < -0.4 is 0 Å². The van der Waals surface area contributed by atoms with Gasteiger partial charge in [0, 0.05) is 17.5 Å². The SMILES string of the molecule is CC1=Nc2cc3nc4ccccc4cc3nc2C1. The molecule has 0 aliphatic carbocycles. The van der Waals surface area contributed by atoms with E-state index in [2.05, 4.69) is 27.1 Å². The van der Waals surface area contributed by atoms with Gasteiger partial charge in [-0.05, 0) is 25.1 Å². The second kappa shape index (κ2) is 3.35. The second-order valence-electron chi connectivity index (χ2n) is 4.70. The highest BCUT2D eigenvalue weighted by molar-refractivity contribution is 5.96. The summed E-state index contributed by atoms with van der Waals surface area (Å²) in [5, 5.41) is 1.13. The molecule has 0 fully saturated rings. The van der Waals surface area contributed by atoms with Gasteiger partial charge in [0.2, 0.25) is 0 Å². The van der Waals surface area contributed by atoms with Crippen molar-refractivity contribution in [3.8, 4) is 0 Å². The molecule has 4 rings (SSSR count). The van der Waals surface area contributed by atoms with E-state index in [1.807, 2.05) is 31.2 Å². The Balaban J connectivity index is 2.08. The van der Waals surface area contributed by atoms with Crippen LogP contribution in [0.2, 0.25) is 0 Å². The quantitative estimate of drug-likeness (QED) is 0.558. The Labute approximate surface area is 104 Å². The molecule has 0 bridgehead atoms. The van der Waals surface area contributed by atoms with Crippen LogP contribution in [0.25, 0.3) is 21.9 Å². The summed E-state index contributed by atoms with van der Waals surface area (Å²) in [5.41, 5.74) is 6.05. The Morgan fingerprint density at radius 1 is 0.944 bits per heavy atom. The molecule has 2 aromatic heterocycles. The number of nitrogens with zero attached hydrogens (tertiary/aromatic N) is 3. The summed E-state index contributed by atoms with van der Waals surface area (Å²) >= 11 is 0. The van der Waals surface area contributed by atoms with Gasteiger partial charge in [-0.3, -0.25) is 4.99 Å². The molecule has 0 radical (unpaired) electrons. The fourth-order valence-electron chi connectivity index (χ4n) is 2.45. The molecule has 0 N–H and O–H groups in total. The van der Waals surface area contributed by atoms with Gasteiger partial charge < -0.3 is 0 Å². The molecule has 0 unspecified atom stereocenters. The lowest BCUT2D eigenvalue weighted by molar-refractivity contribution is 1.21. The minimum Gasteiger partial charge on any atom is -0.256 e. The van der Waals surface area contributed by atoms with E-state index in [4.69, 9.17) is 0 Å². The zero-order chi connectivity index (χ0) is 12.1. The molecule has 0 atom stereocenters. The monoisotopic (exact) mass is 233 g/mol. The molecule has 1 aromatic carbocycles. The topological polar surface area (TPSA) is 38.1 Å². The number of para-hydroxylation sites is 1. The van der Waals surface area contributed by atoms with Gasteiger partial charge in [-0.1, -0.05) is 18.2 Å². The predicted octanol–water partition coefficient (Wildman–Crippen LogP) is 3.43. The predicted molar refractivity (Wildman–Crippen MR) is 73.5 cm³/mol. The number of aromatic nitrogens is 2. The average molecular weight is 233 g/mol. The molecule has 18 heavy (non-hydrogen) atoms. The second-order valence-corrected chi connectivity index (χ2v) is 4.70. The van der Waals surface area contributed by atoms with E-state index in [1.54, 1.807) is 0 Å². The summed E-state index contributed by atoms with van der Waals surface area (Å²) in [5.74, 6) is 0. The van der Waals surface area contributed by atoms with Crippen molar-refractivity contribution >= 4 is 33.3 Å². The van der Waals surface area contributed by atoms with Crippen molar-refractivity contribution in [1.29, 1.82) is 0 Å². The Bertz CT molecular complexity index is 818. The molecular formula is C15H11N3. The lowest BCUT2D eigenvalue weighted by Gasteiger charge is -2.03. The number of fused-ring (bicyclic) bond motifs is 3. The number of benzene rings is 1. The van der Waals surface area contributed by atoms with E-state index in [9.17, 15) is 0 Å². The van der Waals surface area contributed by atoms with Crippen LogP contribution in [0.5, 0.6) is 0 Å². The first kappa shape index (κ1) is 9.71. The van der Waals surface area contributed by atoms with Crippen LogP contribution in [-0.2, 0) is 6.42 Å². The number of rotatable bonds is 0. The third-order valence-electron chi connectivity index (χ3n) is 3.29. The van der Waals surface area contributed by atoms with E-state index in [0.717, 1.165) is 45.5 Å². The molecule has 0 amide bonds. The maximum atomic E-state index is 4.68. The molecule has 3 heterocycles. The fourth-order valence-corrected chi connectivity index (χ4v) is 2.45. The van der Waals surface area contributed by atoms with Crippen molar-refractivity contribution in [2.24, 2.45) is 4.99 Å². The first-order chi connectivity index (χ1) is 8.79. The Hall–Kier alpha value is -2.29. The van der Waals surface area contributed by atoms with Crippen LogP contribution >= 0.6 is 0 Å². The summed E-state index contributed by atoms with van der Waals surface area (Å²) in [7, 11) is 0. The molecule has 0 saturated heterocycles. The normalized spacial score (nSPS) is 13.9. The van der Waals surface area contributed by atoms with E-state index < -0.39 is 0 Å². The molecule has 3 heteroatoms. The van der Waals surface area contributed by atoms with Gasteiger partial charge in [0.05, 0.1) is 27.9 Å². The fraction of sp³-hybridized carbons (Fsp3) is 0.133. The highest BCUT2D eigenvalue weighted by atomic mass is 14.9. The molecule has 0 spiro atoms. The van der Waals surface area contributed by atoms with Crippen LogP contribution in [0.15, 0.2) is 41.4 Å². The molecular weight excluding hydrogens is 222 g/mol. The van der Waals surface area contributed by atoms with E-state index >= 15 is 0 Å². The van der Waals surface area contributed by atoms with Gasteiger partial charge in [-0.15, -0.1) is 0 Å². The van der Waals surface area contributed by atoms with Gasteiger partial charge in [0.15, 0.2) is 0 Å². The lowest BCUT2D eigenvalue weighted by atomic mass is 10.1. The maximum absolute atomic E-state index is 4.68. The van der Waals surface area contributed by atoms with Crippen molar-refractivity contribution in [3.63, 3.8) is 0 Å². The number of hydrogen-bond donors (Lipinski definition) is 0. The summed E-state index contributed by atoms with van der Waals surface area (Å²) in [6, 6.07) is 12.3. The van der Waals surface area contributed by atoms with Crippen molar-refractivity contribution in [1.82, 2.24) is 9.97 Å². The van der Waals surface area contributed by atoms with Gasteiger partial charge in [0.25, 0.3) is 0 Å². The molecule has 86 valence electrons. The van der Waals surface area contributed by atoms with Gasteiger partial charge in [-0.25, -0.2) is 9.97 Å². The number of pyridine rings is 2. The Kier molecular flexibility index (Phi) is 1.81. The third-order valence-corrected chi connectivity index (χ3v) is 3.29. The molecule has 3 nitrogen and oxygen atoms in total. The lowest BCUT2D eigenvalue weighted by Crippen LogP contribution is -1.93. The van der Waals surface area contributed by atoms with Crippen molar-refractivity contribution in [2.75, 3.05) is 0 Å². The molecule has 1 aliphatic rings. The number of aliphatic imine (C=N–C) groups is 1. The zero-order valence-electron chi connectivity index (χ0n) is 10.0. The van der Waals surface area contributed by atoms with Crippen LogP contribution in [0.1, 0.15) is 12.6 Å². The summed E-state index contributed by atoms with van der Waals surface area (Å²) < 4.78 is 0. The van der Waals surface area contributed by atoms with Crippen molar-refractivity contribution < 1.29 is 0 Å². The summed E-state index contributed by atoms with van der Waals surface area (Å²) in [4.78, 5) is 13.8. The van der Waals surface area contributed by atoms with Crippen molar-refractivity contribution in [3.05, 3.63) is 42.1 Å². The first-order valence-corrected chi connectivity index (χ1v) is 6.03. The average Bonchev–Trinajstić information content (AvgIpc) is 2.72. The minimum atomic E-state index is 0.859. The standard InChI is InChI=1S/C15H11N3/c1-9-6-12-14(16-9)8-15-13(18-12)7-10-4-2-3-5-11(10)17-15/h2-5,7-8H,6H2,1H3. The van der Waals surface area contributed by atoms with E-state index in [1.165, 1.54) is 0 Å². The van der Waals surface area contributed by atoms with Crippen LogP contribution in [0.3, 0.4) is 0 Å². The minimum absolute atomic E-state index is 0.859. The molecule has 3 aromatic rings. The summed E-state index contributed by atoms with van der Waals surface area (Å²) in [6.07, 6.45) is 0.859. The Morgan fingerprint density at radius 2 is 1.78 bits per heavy atom. The summed E-state index contributed by atoms with van der Waals surface area (Å²) in [6.45, 7) is 2.04. The van der Waals surface area contributed by atoms with Gasteiger partial charge >= 0.3 is 0 Å². The number of hydrogen-bond acceptors (Lipinski definition) is 3. The van der Waals surface area contributed by atoms with Crippen LogP contribution in [0, 0.1) is 0 Å². The maximum Gasteiger partial charge on any atom is 0.0916 e. The smallest absolute Gasteiger partial charge is 0.0916 e. The van der Waals surface area contributed by atoms with E-state index in [-0.39, 0.29) is 0 Å². The van der Waals surface area contributed by atoms with Gasteiger partial charge in [-0.2, -0.15) is 0 Å². The zero-order valence-corrected chi connectivity index (χ0v) is 10.0. The Morgan fingerprint density at radius 3 is 2.72 bits per heavy atom. The van der Waals surface area contributed by atoms with Crippen LogP contribution in [0.4, 0.5) is 5.69 Å². The first-order valence-electron chi connectivity index (χ1n) is 6.03. The van der Waals surface area contributed by atoms with Gasteiger partial charge in [0.1, 0.15) is 0 Å². The van der Waals surface area contributed by atoms with E-state index in [0.29, 0.717) is 0 Å².